The third-order valence-electron chi connectivity index (χ3n) is 2.79. The van der Waals surface area contributed by atoms with E-state index in [1.54, 1.807) is 24.4 Å². The minimum absolute atomic E-state index is 0.0294. The number of amides is 2. The zero-order valence-corrected chi connectivity index (χ0v) is 11.2. The second kappa shape index (κ2) is 5.34. The van der Waals surface area contributed by atoms with Gasteiger partial charge in [0.15, 0.2) is 0 Å². The van der Waals surface area contributed by atoms with Gasteiger partial charge in [0.05, 0.1) is 17.0 Å². The van der Waals surface area contributed by atoms with E-state index < -0.39 is 0 Å². The molecule has 0 saturated carbocycles. The lowest BCUT2D eigenvalue weighted by Crippen LogP contribution is -2.19. The number of carbonyl (C=O) groups is 2. The molecule has 0 unspecified atom stereocenters. The summed E-state index contributed by atoms with van der Waals surface area (Å²) in [6.45, 7) is 0. The number of thioether (sulfide) groups is 1. The number of hydrogen-bond acceptors (Lipinski definition) is 4. The van der Waals surface area contributed by atoms with Gasteiger partial charge in [0.25, 0.3) is 5.91 Å². The van der Waals surface area contributed by atoms with Crippen molar-refractivity contribution in [3.63, 3.8) is 0 Å². The number of anilines is 2. The van der Waals surface area contributed by atoms with Gasteiger partial charge in [0.1, 0.15) is 0 Å². The van der Waals surface area contributed by atoms with Gasteiger partial charge in [0.2, 0.25) is 5.91 Å². The van der Waals surface area contributed by atoms with Crippen LogP contribution in [0.15, 0.2) is 47.6 Å². The zero-order valence-electron chi connectivity index (χ0n) is 10.4. The monoisotopic (exact) mass is 285 g/mol. The number of nitrogens with one attached hydrogen (secondary N) is 2. The van der Waals surface area contributed by atoms with Gasteiger partial charge in [0, 0.05) is 23.0 Å². The Hall–Kier alpha value is -2.34. The molecule has 0 spiro atoms. The highest BCUT2D eigenvalue weighted by molar-refractivity contribution is 8.00. The number of hydrogen-bond donors (Lipinski definition) is 2. The lowest BCUT2D eigenvalue weighted by atomic mass is 10.2. The average Bonchev–Trinajstić information content (AvgIpc) is 2.47. The fraction of sp³-hybridized carbons (Fsp3) is 0.0714. The molecule has 1 aromatic heterocycles. The van der Waals surface area contributed by atoms with Crippen LogP contribution in [0.5, 0.6) is 0 Å². The Labute approximate surface area is 119 Å². The second-order valence-corrected chi connectivity index (χ2v) is 5.26. The van der Waals surface area contributed by atoms with Crippen LogP contribution < -0.4 is 10.6 Å². The van der Waals surface area contributed by atoms with Crippen LogP contribution in [0.2, 0.25) is 0 Å². The highest BCUT2D eigenvalue weighted by atomic mass is 32.2. The van der Waals surface area contributed by atoms with Crippen LogP contribution in [0, 0.1) is 0 Å². The molecule has 1 aromatic carbocycles. The first-order chi connectivity index (χ1) is 9.72. The van der Waals surface area contributed by atoms with Gasteiger partial charge in [-0.05, 0) is 30.3 Å². The molecule has 2 heterocycles. The molecule has 0 radical (unpaired) electrons. The van der Waals surface area contributed by atoms with Crippen LogP contribution in [-0.2, 0) is 4.79 Å². The van der Waals surface area contributed by atoms with E-state index in [1.807, 2.05) is 12.1 Å². The first-order valence-electron chi connectivity index (χ1n) is 6.00. The Balaban J connectivity index is 1.80. The van der Waals surface area contributed by atoms with Crippen molar-refractivity contribution in [2.75, 3.05) is 16.4 Å². The Morgan fingerprint density at radius 3 is 3.05 bits per heavy atom. The number of rotatable bonds is 2. The van der Waals surface area contributed by atoms with Crippen molar-refractivity contribution in [1.29, 1.82) is 0 Å². The molecular weight excluding hydrogens is 274 g/mol. The molecule has 2 aromatic rings. The van der Waals surface area contributed by atoms with Crippen molar-refractivity contribution in [3.05, 3.63) is 48.3 Å². The van der Waals surface area contributed by atoms with Gasteiger partial charge < -0.3 is 10.6 Å². The maximum atomic E-state index is 12.0. The van der Waals surface area contributed by atoms with Gasteiger partial charge in [-0.15, -0.1) is 11.8 Å². The molecule has 0 bridgehead atoms. The molecule has 2 amide bonds. The SMILES string of the molecule is O=C1CSc2ccc(NC(=O)c3cccnc3)cc2N1. The van der Waals surface area contributed by atoms with E-state index in [1.165, 1.54) is 18.0 Å². The van der Waals surface area contributed by atoms with E-state index in [4.69, 9.17) is 0 Å². The minimum Gasteiger partial charge on any atom is -0.324 e. The summed E-state index contributed by atoms with van der Waals surface area (Å²) in [7, 11) is 0. The number of benzene rings is 1. The summed E-state index contributed by atoms with van der Waals surface area (Å²) in [5, 5.41) is 5.57. The second-order valence-electron chi connectivity index (χ2n) is 4.24. The highest BCUT2D eigenvalue weighted by Gasteiger charge is 2.16. The predicted molar refractivity (Wildman–Crippen MR) is 78.0 cm³/mol. The minimum atomic E-state index is -0.229. The van der Waals surface area contributed by atoms with Crippen molar-refractivity contribution >= 4 is 35.0 Å². The van der Waals surface area contributed by atoms with Crippen molar-refractivity contribution < 1.29 is 9.59 Å². The largest absolute Gasteiger partial charge is 0.324 e. The van der Waals surface area contributed by atoms with E-state index in [0.717, 1.165) is 10.6 Å². The van der Waals surface area contributed by atoms with E-state index in [9.17, 15) is 9.59 Å². The fourth-order valence-corrected chi connectivity index (χ4v) is 2.65. The molecular formula is C14H11N3O2S. The van der Waals surface area contributed by atoms with Crippen molar-refractivity contribution in [2.24, 2.45) is 0 Å². The number of fused-ring (bicyclic) bond motifs is 1. The van der Waals surface area contributed by atoms with Crippen molar-refractivity contribution in [1.82, 2.24) is 4.98 Å². The maximum Gasteiger partial charge on any atom is 0.257 e. The van der Waals surface area contributed by atoms with Gasteiger partial charge in [-0.2, -0.15) is 0 Å². The van der Waals surface area contributed by atoms with E-state index in [2.05, 4.69) is 15.6 Å². The van der Waals surface area contributed by atoms with Crippen LogP contribution in [-0.4, -0.2) is 22.6 Å². The molecule has 5 nitrogen and oxygen atoms in total. The molecule has 1 aliphatic rings. The molecule has 6 heteroatoms. The lowest BCUT2D eigenvalue weighted by Gasteiger charge is -2.17. The van der Waals surface area contributed by atoms with Crippen molar-refractivity contribution in [2.45, 2.75) is 4.90 Å². The Morgan fingerprint density at radius 2 is 2.25 bits per heavy atom. The van der Waals surface area contributed by atoms with Crippen LogP contribution in [0.4, 0.5) is 11.4 Å². The highest BCUT2D eigenvalue weighted by Crippen LogP contribution is 2.33. The van der Waals surface area contributed by atoms with Gasteiger partial charge in [-0.1, -0.05) is 0 Å². The van der Waals surface area contributed by atoms with Crippen molar-refractivity contribution in [3.8, 4) is 0 Å². The predicted octanol–water partition coefficient (Wildman–Crippen LogP) is 2.38. The molecule has 0 atom stereocenters. The molecule has 100 valence electrons. The number of aromatic nitrogens is 1. The van der Waals surface area contributed by atoms with E-state index in [-0.39, 0.29) is 11.8 Å². The summed E-state index contributed by atoms with van der Waals surface area (Å²) in [5.74, 6) is 0.167. The Bertz CT molecular complexity index is 673. The summed E-state index contributed by atoms with van der Waals surface area (Å²) < 4.78 is 0. The third kappa shape index (κ3) is 2.65. The number of carbonyl (C=O) groups excluding carboxylic acids is 2. The van der Waals surface area contributed by atoms with Gasteiger partial charge >= 0.3 is 0 Å². The first-order valence-corrected chi connectivity index (χ1v) is 6.99. The number of nitrogens with zero attached hydrogens (tertiary/aromatic N) is 1. The van der Waals surface area contributed by atoms with Crippen LogP contribution in [0.25, 0.3) is 0 Å². The molecule has 3 rings (SSSR count). The Kier molecular flexibility index (Phi) is 3.39. The first kappa shape index (κ1) is 12.7. The lowest BCUT2D eigenvalue weighted by molar-refractivity contribution is -0.113. The average molecular weight is 285 g/mol. The molecule has 0 saturated heterocycles. The van der Waals surface area contributed by atoms with Crippen LogP contribution in [0.3, 0.4) is 0 Å². The maximum absolute atomic E-state index is 12.0. The number of pyridine rings is 1. The molecule has 0 fully saturated rings. The van der Waals surface area contributed by atoms with Crippen LogP contribution in [0.1, 0.15) is 10.4 Å². The smallest absolute Gasteiger partial charge is 0.257 e. The Morgan fingerprint density at radius 1 is 1.35 bits per heavy atom. The summed E-state index contributed by atoms with van der Waals surface area (Å²) >= 11 is 1.49. The summed E-state index contributed by atoms with van der Waals surface area (Å²) in [4.78, 5) is 28.3. The third-order valence-corrected chi connectivity index (χ3v) is 3.87. The fourth-order valence-electron chi connectivity index (χ4n) is 1.86. The summed E-state index contributed by atoms with van der Waals surface area (Å²) in [6.07, 6.45) is 3.12. The summed E-state index contributed by atoms with van der Waals surface area (Å²) in [5.41, 5.74) is 1.86. The summed E-state index contributed by atoms with van der Waals surface area (Å²) in [6, 6.07) is 8.86. The molecule has 1 aliphatic heterocycles. The molecule has 0 aliphatic carbocycles. The topological polar surface area (TPSA) is 71.1 Å². The van der Waals surface area contributed by atoms with E-state index in [0.29, 0.717) is 17.0 Å². The van der Waals surface area contributed by atoms with Gasteiger partial charge in [-0.25, -0.2) is 0 Å². The molecule has 20 heavy (non-hydrogen) atoms. The van der Waals surface area contributed by atoms with E-state index >= 15 is 0 Å². The quantitative estimate of drug-likeness (QED) is 0.888. The molecule has 2 N–H and O–H groups in total. The standard InChI is InChI=1S/C14H11N3O2S/c18-13-8-20-12-4-3-10(6-11(12)17-13)16-14(19)9-2-1-5-15-7-9/h1-7H,8H2,(H,16,19)(H,17,18). The zero-order chi connectivity index (χ0) is 13.9. The van der Waals surface area contributed by atoms with Crippen LogP contribution >= 0.6 is 11.8 Å². The normalized spacial score (nSPS) is 13.3. The van der Waals surface area contributed by atoms with Gasteiger partial charge in [-0.3, -0.25) is 14.6 Å².